The Morgan fingerprint density at radius 3 is 2.48 bits per heavy atom. The summed E-state index contributed by atoms with van der Waals surface area (Å²) in [5, 5.41) is 0. The van der Waals surface area contributed by atoms with Crippen LogP contribution in [0.3, 0.4) is 0 Å². The van der Waals surface area contributed by atoms with E-state index >= 15 is 0 Å². The maximum atomic E-state index is 12.6. The highest BCUT2D eigenvalue weighted by molar-refractivity contribution is 7.92. The van der Waals surface area contributed by atoms with Crippen molar-refractivity contribution in [1.82, 2.24) is 0 Å². The van der Waals surface area contributed by atoms with Gasteiger partial charge in [0.2, 0.25) is 5.91 Å². The van der Waals surface area contributed by atoms with Gasteiger partial charge in [-0.25, -0.2) is 8.42 Å². The Morgan fingerprint density at radius 1 is 1.04 bits per heavy atom. The van der Waals surface area contributed by atoms with Gasteiger partial charge in [0.25, 0.3) is 10.0 Å². The first-order valence-corrected chi connectivity index (χ1v) is 9.83. The molecule has 0 aromatic heterocycles. The molecule has 2 aromatic carbocycles. The summed E-state index contributed by atoms with van der Waals surface area (Å²) in [4.78, 5) is 13.9. The average Bonchev–Trinajstić information content (AvgIpc) is 2.57. The third-order valence-corrected chi connectivity index (χ3v) is 6.02. The van der Waals surface area contributed by atoms with Crippen LogP contribution >= 0.6 is 0 Å². The van der Waals surface area contributed by atoms with Gasteiger partial charge < -0.3 is 4.90 Å². The largest absolute Gasteiger partial charge is 0.312 e. The topological polar surface area (TPSA) is 66.5 Å². The van der Waals surface area contributed by atoms with Crippen LogP contribution in [-0.4, -0.2) is 20.9 Å². The number of hydrogen-bond acceptors (Lipinski definition) is 3. The Hall–Kier alpha value is -2.34. The zero-order valence-electron chi connectivity index (χ0n) is 14.7. The van der Waals surface area contributed by atoms with Crippen LogP contribution in [0.2, 0.25) is 0 Å². The standard InChI is InChI=1S/C19H22N2O3S/c1-4-21-18-9-7-16(12-15(18)6-10-19(21)22)20-25(23,24)17-8-5-13(2)14(3)11-17/h5,7-9,11-12,20H,4,6,10H2,1-3H3. The van der Waals surface area contributed by atoms with Crippen LogP contribution < -0.4 is 9.62 Å². The Bertz CT molecular complexity index is 936. The molecular formula is C19H22N2O3S. The fraction of sp³-hybridized carbons (Fsp3) is 0.316. The summed E-state index contributed by atoms with van der Waals surface area (Å²) in [6.45, 7) is 6.38. The van der Waals surface area contributed by atoms with Crippen molar-refractivity contribution < 1.29 is 13.2 Å². The molecule has 2 aromatic rings. The number of nitrogens with one attached hydrogen (secondary N) is 1. The molecule has 0 aliphatic carbocycles. The SMILES string of the molecule is CCN1C(=O)CCc2cc(NS(=O)(=O)c3ccc(C)c(C)c3)ccc21. The molecule has 5 nitrogen and oxygen atoms in total. The minimum absolute atomic E-state index is 0.110. The van der Waals surface area contributed by atoms with E-state index in [0.29, 0.717) is 25.1 Å². The molecule has 3 rings (SSSR count). The number of amides is 1. The van der Waals surface area contributed by atoms with E-state index < -0.39 is 10.0 Å². The first-order valence-electron chi connectivity index (χ1n) is 8.35. The molecule has 1 amide bonds. The summed E-state index contributed by atoms with van der Waals surface area (Å²) in [5.74, 6) is 0.110. The van der Waals surface area contributed by atoms with Crippen LogP contribution in [0.1, 0.15) is 30.0 Å². The van der Waals surface area contributed by atoms with Crippen LogP contribution in [0.5, 0.6) is 0 Å². The van der Waals surface area contributed by atoms with Crippen molar-refractivity contribution in [3.8, 4) is 0 Å². The molecule has 0 atom stereocenters. The van der Waals surface area contributed by atoms with E-state index in [2.05, 4.69) is 4.72 Å². The van der Waals surface area contributed by atoms with Gasteiger partial charge in [-0.2, -0.15) is 0 Å². The van der Waals surface area contributed by atoms with Crippen LogP contribution in [0.25, 0.3) is 0 Å². The number of sulfonamides is 1. The van der Waals surface area contributed by atoms with Crippen LogP contribution in [0.4, 0.5) is 11.4 Å². The van der Waals surface area contributed by atoms with E-state index in [4.69, 9.17) is 0 Å². The van der Waals surface area contributed by atoms with Gasteiger partial charge in [0, 0.05) is 24.3 Å². The number of carbonyl (C=O) groups is 1. The van der Waals surface area contributed by atoms with Crippen molar-refractivity contribution in [2.45, 2.75) is 38.5 Å². The summed E-state index contributed by atoms with van der Waals surface area (Å²) < 4.78 is 27.9. The van der Waals surface area contributed by atoms with Gasteiger partial charge in [-0.3, -0.25) is 9.52 Å². The third kappa shape index (κ3) is 3.39. The highest BCUT2D eigenvalue weighted by atomic mass is 32.2. The number of hydrogen-bond donors (Lipinski definition) is 1. The van der Waals surface area contributed by atoms with Crippen molar-refractivity contribution in [2.75, 3.05) is 16.2 Å². The van der Waals surface area contributed by atoms with Gasteiger partial charge in [-0.15, -0.1) is 0 Å². The molecule has 132 valence electrons. The molecule has 1 aliphatic heterocycles. The predicted octanol–water partition coefficient (Wildman–Crippen LogP) is 3.40. The molecule has 0 radical (unpaired) electrons. The molecule has 0 bridgehead atoms. The maximum Gasteiger partial charge on any atom is 0.261 e. The Labute approximate surface area is 148 Å². The fourth-order valence-corrected chi connectivity index (χ4v) is 4.20. The summed E-state index contributed by atoms with van der Waals surface area (Å²) in [5.41, 5.74) is 4.36. The lowest BCUT2D eigenvalue weighted by Crippen LogP contribution is -2.34. The number of fused-ring (bicyclic) bond motifs is 1. The van der Waals surface area contributed by atoms with Crippen molar-refractivity contribution in [3.05, 3.63) is 53.1 Å². The van der Waals surface area contributed by atoms with E-state index in [1.165, 1.54) is 0 Å². The summed E-state index contributed by atoms with van der Waals surface area (Å²) >= 11 is 0. The van der Waals surface area contributed by atoms with Gasteiger partial charge in [0.1, 0.15) is 0 Å². The van der Waals surface area contributed by atoms with Gasteiger partial charge in [0.05, 0.1) is 4.90 Å². The minimum Gasteiger partial charge on any atom is -0.312 e. The molecule has 0 unspecified atom stereocenters. The third-order valence-electron chi connectivity index (χ3n) is 4.64. The van der Waals surface area contributed by atoms with Gasteiger partial charge >= 0.3 is 0 Å². The molecule has 0 spiro atoms. The number of rotatable bonds is 4. The zero-order chi connectivity index (χ0) is 18.2. The van der Waals surface area contributed by atoms with Crippen molar-refractivity contribution in [2.24, 2.45) is 0 Å². The van der Waals surface area contributed by atoms with E-state index in [9.17, 15) is 13.2 Å². The monoisotopic (exact) mass is 358 g/mol. The predicted molar refractivity (Wildman–Crippen MR) is 99.5 cm³/mol. The van der Waals surface area contributed by atoms with E-state index in [-0.39, 0.29) is 10.8 Å². The Morgan fingerprint density at radius 2 is 1.80 bits per heavy atom. The fourth-order valence-electron chi connectivity index (χ4n) is 3.07. The van der Waals surface area contributed by atoms with Crippen molar-refractivity contribution in [1.29, 1.82) is 0 Å². The molecule has 1 aliphatic rings. The molecule has 6 heteroatoms. The van der Waals surface area contributed by atoms with Gasteiger partial charge in [0.15, 0.2) is 0 Å². The molecule has 0 saturated carbocycles. The number of aryl methyl sites for hydroxylation is 3. The summed E-state index contributed by atoms with van der Waals surface area (Å²) in [6, 6.07) is 10.4. The number of benzene rings is 2. The quantitative estimate of drug-likeness (QED) is 0.911. The number of nitrogens with zero attached hydrogens (tertiary/aromatic N) is 1. The van der Waals surface area contributed by atoms with E-state index in [1.807, 2.05) is 39.0 Å². The van der Waals surface area contributed by atoms with E-state index in [0.717, 1.165) is 22.4 Å². The zero-order valence-corrected chi connectivity index (χ0v) is 15.5. The second-order valence-corrected chi connectivity index (χ2v) is 8.02. The molecule has 25 heavy (non-hydrogen) atoms. The highest BCUT2D eigenvalue weighted by Gasteiger charge is 2.23. The van der Waals surface area contributed by atoms with Crippen LogP contribution in [0, 0.1) is 13.8 Å². The molecule has 0 saturated heterocycles. The lowest BCUT2D eigenvalue weighted by molar-refractivity contribution is -0.118. The smallest absolute Gasteiger partial charge is 0.261 e. The molecule has 0 fully saturated rings. The molecular weight excluding hydrogens is 336 g/mol. The van der Waals surface area contributed by atoms with Crippen molar-refractivity contribution >= 4 is 27.3 Å². The normalized spacial score (nSPS) is 14.4. The highest BCUT2D eigenvalue weighted by Crippen LogP contribution is 2.31. The molecule has 1 heterocycles. The van der Waals surface area contributed by atoms with Gasteiger partial charge in [-0.1, -0.05) is 6.07 Å². The number of carbonyl (C=O) groups excluding carboxylic acids is 1. The second-order valence-electron chi connectivity index (χ2n) is 6.33. The van der Waals surface area contributed by atoms with Gasteiger partial charge in [-0.05, 0) is 74.2 Å². The Balaban J connectivity index is 1.90. The lowest BCUT2D eigenvalue weighted by Gasteiger charge is -2.28. The second kappa shape index (κ2) is 6.52. The van der Waals surface area contributed by atoms with Crippen molar-refractivity contribution in [3.63, 3.8) is 0 Å². The Kier molecular flexibility index (Phi) is 4.56. The van der Waals surface area contributed by atoms with Crippen LogP contribution in [-0.2, 0) is 21.2 Å². The van der Waals surface area contributed by atoms with E-state index in [1.54, 1.807) is 23.1 Å². The summed E-state index contributed by atoms with van der Waals surface area (Å²) in [6.07, 6.45) is 1.08. The average molecular weight is 358 g/mol. The number of anilines is 2. The minimum atomic E-state index is -3.64. The van der Waals surface area contributed by atoms with Crippen LogP contribution in [0.15, 0.2) is 41.3 Å². The maximum absolute atomic E-state index is 12.6. The first-order chi connectivity index (χ1) is 11.8. The molecule has 1 N–H and O–H groups in total. The first kappa shape index (κ1) is 17.5. The lowest BCUT2D eigenvalue weighted by atomic mass is 10.0. The summed E-state index contributed by atoms with van der Waals surface area (Å²) in [7, 11) is -3.64.